The van der Waals surface area contributed by atoms with Crippen molar-refractivity contribution in [2.45, 2.75) is 13.3 Å². The van der Waals surface area contributed by atoms with Crippen molar-refractivity contribution in [3.63, 3.8) is 0 Å². The van der Waals surface area contributed by atoms with Crippen LogP contribution in [0.1, 0.15) is 22.8 Å². The molecule has 0 aliphatic rings. The molecule has 90 valence electrons. The third kappa shape index (κ3) is 2.78. The zero-order chi connectivity index (χ0) is 12.4. The van der Waals surface area contributed by atoms with E-state index in [-0.39, 0.29) is 5.91 Å². The Morgan fingerprint density at radius 3 is 2.94 bits per heavy atom. The molecule has 0 aromatic carbocycles. The first-order valence-corrected chi connectivity index (χ1v) is 7.30. The first-order valence-electron chi connectivity index (χ1n) is 4.90. The maximum atomic E-state index is 12.0. The molecule has 0 spiro atoms. The lowest BCUT2D eigenvalue weighted by molar-refractivity contribution is 0.102. The Hall–Kier alpha value is -0.660. The maximum Gasteiger partial charge on any atom is 0.258 e. The van der Waals surface area contributed by atoms with Gasteiger partial charge in [0, 0.05) is 5.56 Å². The van der Waals surface area contributed by atoms with Gasteiger partial charge >= 0.3 is 0 Å². The van der Waals surface area contributed by atoms with E-state index in [2.05, 4.69) is 47.4 Å². The molecule has 0 radical (unpaired) electrons. The normalized spacial score (nSPS) is 10.5. The molecule has 7 heteroatoms. The van der Waals surface area contributed by atoms with Crippen molar-refractivity contribution >= 4 is 54.9 Å². The quantitative estimate of drug-likeness (QED) is 0.853. The van der Waals surface area contributed by atoms with Crippen LogP contribution in [0.25, 0.3) is 0 Å². The van der Waals surface area contributed by atoms with Crippen LogP contribution < -0.4 is 5.32 Å². The van der Waals surface area contributed by atoms with Crippen molar-refractivity contribution in [1.29, 1.82) is 0 Å². The first-order chi connectivity index (χ1) is 8.11. The topological polar surface area (TPSA) is 57.8 Å². The molecule has 1 amide bonds. The summed E-state index contributed by atoms with van der Waals surface area (Å²) in [5.74, 6) is 0.504. The third-order valence-electron chi connectivity index (χ3n) is 2.24. The number of aryl methyl sites for hydroxylation is 1. The molecule has 2 aromatic heterocycles. The van der Waals surface area contributed by atoms with Crippen LogP contribution in [0.4, 0.5) is 5.82 Å². The fourth-order valence-corrected chi connectivity index (χ4v) is 4.16. The lowest BCUT2D eigenvalue weighted by atomic mass is 10.2. The van der Waals surface area contributed by atoms with Crippen molar-refractivity contribution in [3.8, 4) is 0 Å². The summed E-state index contributed by atoms with van der Waals surface area (Å²) in [5, 5.41) is 9.50. The number of nitrogens with one attached hydrogen (secondary N) is 2. The van der Waals surface area contributed by atoms with Gasteiger partial charge in [0.05, 0.1) is 19.3 Å². The minimum absolute atomic E-state index is 0.155. The monoisotopic (exact) mass is 377 g/mol. The van der Waals surface area contributed by atoms with Gasteiger partial charge < -0.3 is 5.32 Å². The van der Waals surface area contributed by atoms with E-state index in [1.54, 1.807) is 12.3 Å². The van der Waals surface area contributed by atoms with Crippen molar-refractivity contribution in [1.82, 2.24) is 10.2 Å². The van der Waals surface area contributed by atoms with Crippen LogP contribution in [-0.4, -0.2) is 16.1 Å². The van der Waals surface area contributed by atoms with Crippen LogP contribution >= 0.6 is 43.2 Å². The van der Waals surface area contributed by atoms with Gasteiger partial charge in [0.1, 0.15) is 5.82 Å². The number of hydrogen-bond donors (Lipinski definition) is 2. The van der Waals surface area contributed by atoms with Crippen molar-refractivity contribution in [2.75, 3.05) is 5.32 Å². The number of anilines is 1. The van der Waals surface area contributed by atoms with Crippen LogP contribution in [0.5, 0.6) is 0 Å². The number of halogens is 2. The molecular formula is C10H9Br2N3OS. The lowest BCUT2D eigenvalue weighted by Crippen LogP contribution is -2.12. The molecule has 17 heavy (non-hydrogen) atoms. The molecule has 2 N–H and O–H groups in total. The zero-order valence-corrected chi connectivity index (χ0v) is 12.9. The summed E-state index contributed by atoms with van der Waals surface area (Å²) in [6.07, 6.45) is 2.54. The van der Waals surface area contributed by atoms with E-state index in [1.165, 1.54) is 11.3 Å². The zero-order valence-electron chi connectivity index (χ0n) is 8.88. The number of aromatic amines is 1. The molecule has 0 unspecified atom stereocenters. The summed E-state index contributed by atoms with van der Waals surface area (Å²) < 4.78 is 1.72. The Morgan fingerprint density at radius 2 is 2.35 bits per heavy atom. The summed E-state index contributed by atoms with van der Waals surface area (Å²) in [7, 11) is 0. The van der Waals surface area contributed by atoms with Gasteiger partial charge in [0.15, 0.2) is 0 Å². The molecule has 0 saturated carbocycles. The molecular weight excluding hydrogens is 370 g/mol. The molecule has 2 heterocycles. The summed E-state index contributed by atoms with van der Waals surface area (Å²) in [5.41, 5.74) is 1.60. The van der Waals surface area contributed by atoms with Crippen LogP contribution in [0.15, 0.2) is 19.8 Å². The van der Waals surface area contributed by atoms with Gasteiger partial charge in [-0.05, 0) is 44.3 Å². The number of amides is 1. The summed E-state index contributed by atoms with van der Waals surface area (Å²) >= 11 is 8.17. The van der Waals surface area contributed by atoms with Crippen molar-refractivity contribution in [3.05, 3.63) is 31.0 Å². The Labute approximate surface area is 119 Å². The number of thiophene rings is 1. The standard InChI is InChI=1S/C10H9Br2N3OS/c1-2-5-4-13-15-9(5)14-10(16)6-3-7(11)17-8(6)12/h3-4H,2H2,1H3,(H2,13,14,15,16). The summed E-state index contributed by atoms with van der Waals surface area (Å²) in [6, 6.07) is 1.78. The number of carbonyl (C=O) groups excluding carboxylic acids is 1. The number of aromatic nitrogens is 2. The van der Waals surface area contributed by atoms with E-state index in [1.807, 2.05) is 6.92 Å². The van der Waals surface area contributed by atoms with E-state index in [4.69, 9.17) is 0 Å². The molecule has 0 atom stereocenters. The van der Waals surface area contributed by atoms with Gasteiger partial charge in [-0.2, -0.15) is 5.10 Å². The minimum Gasteiger partial charge on any atom is -0.307 e. The SMILES string of the molecule is CCc1cn[nH]c1NC(=O)c1cc(Br)sc1Br. The highest BCUT2D eigenvalue weighted by Gasteiger charge is 2.15. The minimum atomic E-state index is -0.155. The summed E-state index contributed by atoms with van der Waals surface area (Å²) in [4.78, 5) is 12.0. The van der Waals surface area contributed by atoms with Gasteiger partial charge in [-0.3, -0.25) is 9.89 Å². The van der Waals surface area contributed by atoms with Crippen LogP contribution in [-0.2, 0) is 6.42 Å². The maximum absolute atomic E-state index is 12.0. The fraction of sp³-hybridized carbons (Fsp3) is 0.200. The fourth-order valence-electron chi connectivity index (χ4n) is 1.36. The van der Waals surface area contributed by atoms with Crippen molar-refractivity contribution in [2.24, 2.45) is 0 Å². The second-order valence-corrected chi connectivity index (χ2v) is 7.07. The van der Waals surface area contributed by atoms with Crippen LogP contribution in [0.2, 0.25) is 0 Å². The Morgan fingerprint density at radius 1 is 1.59 bits per heavy atom. The molecule has 0 aliphatic heterocycles. The van der Waals surface area contributed by atoms with Gasteiger partial charge in [-0.1, -0.05) is 6.92 Å². The van der Waals surface area contributed by atoms with E-state index < -0.39 is 0 Å². The van der Waals surface area contributed by atoms with Crippen molar-refractivity contribution < 1.29 is 4.79 Å². The molecule has 2 rings (SSSR count). The smallest absolute Gasteiger partial charge is 0.258 e. The molecule has 4 nitrogen and oxygen atoms in total. The van der Waals surface area contributed by atoms with Gasteiger partial charge in [-0.15, -0.1) is 11.3 Å². The van der Waals surface area contributed by atoms with E-state index >= 15 is 0 Å². The highest BCUT2D eigenvalue weighted by molar-refractivity contribution is 9.12. The molecule has 0 fully saturated rings. The van der Waals surface area contributed by atoms with Crippen LogP contribution in [0.3, 0.4) is 0 Å². The Kier molecular flexibility index (Phi) is 4.01. The number of hydrogen-bond acceptors (Lipinski definition) is 3. The molecule has 0 saturated heterocycles. The molecule has 2 aromatic rings. The lowest BCUT2D eigenvalue weighted by Gasteiger charge is -2.03. The number of nitrogens with zero attached hydrogens (tertiary/aromatic N) is 1. The molecule has 0 aliphatic carbocycles. The summed E-state index contributed by atoms with van der Waals surface area (Å²) in [6.45, 7) is 2.01. The second-order valence-electron chi connectivity index (χ2n) is 3.32. The Bertz CT molecular complexity index is 549. The average molecular weight is 379 g/mol. The third-order valence-corrected chi connectivity index (χ3v) is 4.58. The largest absolute Gasteiger partial charge is 0.307 e. The number of H-pyrrole nitrogens is 1. The first kappa shape index (κ1) is 12.8. The predicted molar refractivity (Wildman–Crippen MR) is 75.6 cm³/mol. The number of rotatable bonds is 3. The average Bonchev–Trinajstić information content (AvgIpc) is 2.84. The molecule has 0 bridgehead atoms. The van der Waals surface area contributed by atoms with E-state index in [0.717, 1.165) is 19.6 Å². The highest BCUT2D eigenvalue weighted by atomic mass is 79.9. The Balaban J connectivity index is 2.20. The van der Waals surface area contributed by atoms with Gasteiger partial charge in [-0.25, -0.2) is 0 Å². The highest BCUT2D eigenvalue weighted by Crippen LogP contribution is 2.32. The van der Waals surface area contributed by atoms with Gasteiger partial charge in [0.2, 0.25) is 0 Å². The van der Waals surface area contributed by atoms with E-state index in [9.17, 15) is 4.79 Å². The second kappa shape index (κ2) is 5.32. The number of carbonyl (C=O) groups is 1. The van der Waals surface area contributed by atoms with Crippen LogP contribution in [0, 0.1) is 0 Å². The predicted octanol–water partition coefficient (Wildman–Crippen LogP) is 3.81. The van der Waals surface area contributed by atoms with E-state index in [0.29, 0.717) is 11.4 Å². The van der Waals surface area contributed by atoms with Gasteiger partial charge in [0.25, 0.3) is 5.91 Å².